The molecule has 0 bridgehead atoms. The van der Waals surface area contributed by atoms with Crippen molar-refractivity contribution in [1.29, 1.82) is 0 Å². The predicted octanol–water partition coefficient (Wildman–Crippen LogP) is 1.89. The van der Waals surface area contributed by atoms with Gasteiger partial charge in [0.05, 0.1) is 12.0 Å². The molecule has 0 spiro atoms. The monoisotopic (exact) mass is 262 g/mol. The molecule has 0 amide bonds. The summed E-state index contributed by atoms with van der Waals surface area (Å²) in [6, 6.07) is 4.80. The van der Waals surface area contributed by atoms with Crippen LogP contribution in [0.25, 0.3) is 11.5 Å². The van der Waals surface area contributed by atoms with E-state index in [0.717, 1.165) is 12.8 Å². The van der Waals surface area contributed by atoms with Crippen molar-refractivity contribution < 1.29 is 18.8 Å². The maximum Gasteiger partial charge on any atom is 0.320 e. The van der Waals surface area contributed by atoms with E-state index in [9.17, 15) is 4.79 Å². The highest BCUT2D eigenvalue weighted by molar-refractivity contribution is 5.74. The van der Waals surface area contributed by atoms with E-state index in [1.165, 1.54) is 0 Å². The molecule has 1 saturated carbocycles. The summed E-state index contributed by atoms with van der Waals surface area (Å²) < 4.78 is 10.3. The molecule has 6 nitrogen and oxygen atoms in total. The minimum atomic E-state index is -0.808. The quantitative estimate of drug-likeness (QED) is 0.826. The molecule has 3 rings (SSSR count). The minimum absolute atomic E-state index is 0.244. The van der Waals surface area contributed by atoms with E-state index in [2.05, 4.69) is 10.5 Å². The van der Waals surface area contributed by atoms with Gasteiger partial charge in [-0.15, -0.1) is 0 Å². The number of carboxylic acids is 1. The van der Waals surface area contributed by atoms with Crippen molar-refractivity contribution in [3.05, 3.63) is 30.2 Å². The highest BCUT2D eigenvalue weighted by Crippen LogP contribution is 2.33. The largest absolute Gasteiger partial charge is 0.480 e. The van der Waals surface area contributed by atoms with Crippen molar-refractivity contribution in [2.75, 3.05) is 0 Å². The topological polar surface area (TPSA) is 88.5 Å². The van der Waals surface area contributed by atoms with Crippen LogP contribution in [0, 0.1) is 5.92 Å². The summed E-state index contributed by atoms with van der Waals surface area (Å²) in [6.45, 7) is 0.373. The Kier molecular flexibility index (Phi) is 3.08. The van der Waals surface area contributed by atoms with Gasteiger partial charge in [0, 0.05) is 12.6 Å². The fourth-order valence-electron chi connectivity index (χ4n) is 2.03. The first-order valence-corrected chi connectivity index (χ1v) is 6.19. The number of carbonyl (C=O) groups is 1. The molecule has 19 heavy (non-hydrogen) atoms. The van der Waals surface area contributed by atoms with Crippen molar-refractivity contribution in [1.82, 2.24) is 10.5 Å². The van der Waals surface area contributed by atoms with Gasteiger partial charge < -0.3 is 14.0 Å². The van der Waals surface area contributed by atoms with Gasteiger partial charge in [0.15, 0.2) is 5.76 Å². The summed E-state index contributed by atoms with van der Waals surface area (Å²) in [4.78, 5) is 11.1. The van der Waals surface area contributed by atoms with Crippen LogP contribution >= 0.6 is 0 Å². The molecule has 1 atom stereocenters. The van der Waals surface area contributed by atoms with Crippen LogP contribution in [0.4, 0.5) is 0 Å². The molecule has 0 aromatic carbocycles. The SMILES string of the molecule is O=C(O)C(NCc1cc(-c2ccco2)on1)C1CC1. The zero-order chi connectivity index (χ0) is 13.2. The molecule has 1 unspecified atom stereocenters. The van der Waals surface area contributed by atoms with Gasteiger partial charge in [0.25, 0.3) is 0 Å². The van der Waals surface area contributed by atoms with E-state index in [0.29, 0.717) is 23.8 Å². The molecule has 2 N–H and O–H groups in total. The molecule has 0 radical (unpaired) electrons. The Morgan fingerprint density at radius 1 is 1.53 bits per heavy atom. The Morgan fingerprint density at radius 2 is 2.37 bits per heavy atom. The van der Waals surface area contributed by atoms with Crippen molar-refractivity contribution in [3.63, 3.8) is 0 Å². The molecule has 1 aliphatic rings. The first-order valence-electron chi connectivity index (χ1n) is 6.19. The van der Waals surface area contributed by atoms with Crippen molar-refractivity contribution >= 4 is 5.97 Å². The van der Waals surface area contributed by atoms with Gasteiger partial charge in [-0.05, 0) is 30.9 Å². The van der Waals surface area contributed by atoms with E-state index in [4.69, 9.17) is 14.0 Å². The number of furan rings is 1. The lowest BCUT2D eigenvalue weighted by Crippen LogP contribution is -2.38. The maximum absolute atomic E-state index is 11.1. The van der Waals surface area contributed by atoms with Crippen molar-refractivity contribution in [2.24, 2.45) is 5.92 Å². The van der Waals surface area contributed by atoms with Crippen molar-refractivity contribution in [3.8, 4) is 11.5 Å². The second kappa shape index (κ2) is 4.89. The van der Waals surface area contributed by atoms with Crippen LogP contribution in [0.5, 0.6) is 0 Å². The lowest BCUT2D eigenvalue weighted by Gasteiger charge is -2.11. The second-order valence-corrected chi connectivity index (χ2v) is 4.69. The molecule has 2 heterocycles. The molecule has 1 aliphatic carbocycles. The highest BCUT2D eigenvalue weighted by atomic mass is 16.5. The van der Waals surface area contributed by atoms with Crippen LogP contribution in [0.2, 0.25) is 0 Å². The third-order valence-electron chi connectivity index (χ3n) is 3.19. The maximum atomic E-state index is 11.1. The molecule has 0 aliphatic heterocycles. The van der Waals surface area contributed by atoms with Gasteiger partial charge in [-0.2, -0.15) is 0 Å². The summed E-state index contributed by atoms with van der Waals surface area (Å²) in [5, 5.41) is 16.0. The lowest BCUT2D eigenvalue weighted by atomic mass is 10.2. The van der Waals surface area contributed by atoms with Crippen LogP contribution in [0.15, 0.2) is 33.4 Å². The average Bonchev–Trinajstić information content (AvgIpc) is 2.92. The smallest absolute Gasteiger partial charge is 0.320 e. The van der Waals surface area contributed by atoms with E-state index >= 15 is 0 Å². The number of hydrogen-bond donors (Lipinski definition) is 2. The molecular formula is C13H14N2O4. The van der Waals surface area contributed by atoms with Gasteiger partial charge in [0.2, 0.25) is 5.76 Å². The van der Waals surface area contributed by atoms with Crippen molar-refractivity contribution in [2.45, 2.75) is 25.4 Å². The zero-order valence-electron chi connectivity index (χ0n) is 10.2. The Labute approximate surface area is 109 Å². The Bertz CT molecular complexity index is 557. The predicted molar refractivity (Wildman–Crippen MR) is 65.2 cm³/mol. The lowest BCUT2D eigenvalue weighted by molar-refractivity contribution is -0.140. The van der Waals surface area contributed by atoms with Crippen LogP contribution in [0.1, 0.15) is 18.5 Å². The molecule has 100 valence electrons. The van der Waals surface area contributed by atoms with Gasteiger partial charge in [0.1, 0.15) is 6.04 Å². The molecule has 1 fully saturated rings. The summed E-state index contributed by atoms with van der Waals surface area (Å²) >= 11 is 0. The number of aliphatic carboxylic acids is 1. The third kappa shape index (κ3) is 2.68. The highest BCUT2D eigenvalue weighted by Gasteiger charge is 2.35. The van der Waals surface area contributed by atoms with E-state index in [1.54, 1.807) is 24.5 Å². The Hall–Kier alpha value is -2.08. The standard InChI is InChI=1S/C13H14N2O4/c16-13(17)12(8-3-4-8)14-7-9-6-11(19-15-9)10-2-1-5-18-10/h1-2,5-6,8,12,14H,3-4,7H2,(H,16,17). The van der Waals surface area contributed by atoms with E-state index in [1.807, 2.05) is 0 Å². The summed E-state index contributed by atoms with van der Waals surface area (Å²) in [6.07, 6.45) is 3.50. The van der Waals surface area contributed by atoms with E-state index < -0.39 is 12.0 Å². The molecular weight excluding hydrogens is 248 g/mol. The molecule has 6 heteroatoms. The molecule has 0 saturated heterocycles. The van der Waals surface area contributed by atoms with Gasteiger partial charge in [-0.1, -0.05) is 5.16 Å². The van der Waals surface area contributed by atoms with E-state index in [-0.39, 0.29) is 5.92 Å². The zero-order valence-corrected chi connectivity index (χ0v) is 10.2. The number of rotatable bonds is 6. The number of nitrogens with one attached hydrogen (secondary N) is 1. The number of nitrogens with zero attached hydrogens (tertiary/aromatic N) is 1. The van der Waals surface area contributed by atoms with Crippen LogP contribution in [-0.2, 0) is 11.3 Å². The summed E-state index contributed by atoms with van der Waals surface area (Å²) in [7, 11) is 0. The minimum Gasteiger partial charge on any atom is -0.480 e. The fraction of sp³-hybridized carbons (Fsp3) is 0.385. The molecule has 2 aromatic heterocycles. The van der Waals surface area contributed by atoms with Crippen LogP contribution < -0.4 is 5.32 Å². The summed E-state index contributed by atoms with van der Waals surface area (Å²) in [5.41, 5.74) is 0.665. The normalized spacial score (nSPS) is 16.4. The Morgan fingerprint density at radius 3 is 3.00 bits per heavy atom. The second-order valence-electron chi connectivity index (χ2n) is 4.69. The number of aromatic nitrogens is 1. The molecule has 2 aromatic rings. The van der Waals surface area contributed by atoms with Crippen LogP contribution in [0.3, 0.4) is 0 Å². The van der Waals surface area contributed by atoms with Gasteiger partial charge in [-0.3, -0.25) is 10.1 Å². The van der Waals surface area contributed by atoms with Crippen LogP contribution in [-0.4, -0.2) is 22.3 Å². The third-order valence-corrected chi connectivity index (χ3v) is 3.19. The van der Waals surface area contributed by atoms with Gasteiger partial charge >= 0.3 is 5.97 Å². The Balaban J connectivity index is 1.62. The fourth-order valence-corrected chi connectivity index (χ4v) is 2.03. The average molecular weight is 262 g/mol. The first kappa shape index (κ1) is 12.0. The number of hydrogen-bond acceptors (Lipinski definition) is 5. The summed E-state index contributed by atoms with van der Waals surface area (Å²) in [5.74, 6) is 0.585. The number of carboxylic acid groups (broad SMARTS) is 1. The van der Waals surface area contributed by atoms with Gasteiger partial charge in [-0.25, -0.2) is 0 Å². The first-order chi connectivity index (χ1) is 9.24.